The fourth-order valence-corrected chi connectivity index (χ4v) is 3.49. The summed E-state index contributed by atoms with van der Waals surface area (Å²) in [5.41, 5.74) is 1.82. The number of benzene rings is 1. The summed E-state index contributed by atoms with van der Waals surface area (Å²) < 4.78 is 6.97. The number of nitro groups is 1. The molecule has 0 atom stereocenters. The standard InChI is InChI=1S/C19H20N4O4S/c1-3-4-8-22-11-13(2)18(20-19(22)24)28-12-16-10-17(21-27-16)14-6-5-7-15(9-14)23(25)26/h5-7,9-11H,3-4,8,12H2,1-2H3. The van der Waals surface area contributed by atoms with Crippen molar-refractivity contribution in [3.63, 3.8) is 0 Å². The number of thioether (sulfide) groups is 1. The minimum Gasteiger partial charge on any atom is -0.360 e. The number of nitrogens with zero attached hydrogens (tertiary/aromatic N) is 4. The van der Waals surface area contributed by atoms with Crippen LogP contribution in [0.25, 0.3) is 11.3 Å². The van der Waals surface area contributed by atoms with Crippen LogP contribution in [0.1, 0.15) is 31.1 Å². The van der Waals surface area contributed by atoms with Crippen molar-refractivity contribution in [2.75, 3.05) is 0 Å². The molecule has 0 saturated heterocycles. The van der Waals surface area contributed by atoms with Gasteiger partial charge in [-0.2, -0.15) is 4.98 Å². The number of hydrogen-bond donors (Lipinski definition) is 0. The Morgan fingerprint density at radius 3 is 2.89 bits per heavy atom. The normalized spacial score (nSPS) is 10.9. The second-order valence-corrected chi connectivity index (χ2v) is 7.30. The summed E-state index contributed by atoms with van der Waals surface area (Å²) in [6, 6.07) is 7.97. The smallest absolute Gasteiger partial charge is 0.348 e. The van der Waals surface area contributed by atoms with Crippen LogP contribution in [0.4, 0.5) is 5.69 Å². The van der Waals surface area contributed by atoms with E-state index in [1.54, 1.807) is 22.8 Å². The molecule has 3 aromatic rings. The van der Waals surface area contributed by atoms with E-state index in [0.29, 0.717) is 34.3 Å². The van der Waals surface area contributed by atoms with Crippen molar-refractivity contribution in [3.8, 4) is 11.3 Å². The van der Waals surface area contributed by atoms with E-state index in [2.05, 4.69) is 17.1 Å². The van der Waals surface area contributed by atoms with Gasteiger partial charge in [-0.3, -0.25) is 14.7 Å². The molecular formula is C19H20N4O4S. The largest absolute Gasteiger partial charge is 0.360 e. The Balaban J connectivity index is 1.71. The fourth-order valence-electron chi connectivity index (χ4n) is 2.65. The maximum atomic E-state index is 12.1. The first kappa shape index (κ1) is 19.8. The van der Waals surface area contributed by atoms with Crippen molar-refractivity contribution in [1.29, 1.82) is 0 Å². The molecule has 0 saturated carbocycles. The second kappa shape index (κ2) is 8.83. The van der Waals surface area contributed by atoms with Crippen LogP contribution in [-0.4, -0.2) is 19.6 Å². The van der Waals surface area contributed by atoms with Crippen LogP contribution < -0.4 is 5.69 Å². The van der Waals surface area contributed by atoms with Crippen LogP contribution in [0.2, 0.25) is 0 Å². The minimum absolute atomic E-state index is 0.000104. The molecule has 28 heavy (non-hydrogen) atoms. The topological polar surface area (TPSA) is 104 Å². The first-order valence-corrected chi connectivity index (χ1v) is 9.87. The molecule has 0 aliphatic rings. The van der Waals surface area contributed by atoms with Crippen molar-refractivity contribution in [3.05, 3.63) is 68.5 Å². The van der Waals surface area contributed by atoms with E-state index in [1.807, 2.05) is 13.1 Å². The molecule has 0 unspecified atom stereocenters. The van der Waals surface area contributed by atoms with Gasteiger partial charge in [-0.15, -0.1) is 0 Å². The Morgan fingerprint density at radius 2 is 2.14 bits per heavy atom. The summed E-state index contributed by atoms with van der Waals surface area (Å²) in [6.45, 7) is 4.67. The summed E-state index contributed by atoms with van der Waals surface area (Å²) in [5.74, 6) is 1.05. The monoisotopic (exact) mass is 400 g/mol. The molecule has 1 aromatic carbocycles. The zero-order valence-electron chi connectivity index (χ0n) is 15.6. The molecule has 0 bridgehead atoms. The Bertz CT molecular complexity index is 1040. The van der Waals surface area contributed by atoms with Crippen LogP contribution in [0.3, 0.4) is 0 Å². The van der Waals surface area contributed by atoms with Gasteiger partial charge in [0.25, 0.3) is 5.69 Å². The lowest BCUT2D eigenvalue weighted by atomic mass is 10.1. The van der Waals surface area contributed by atoms with Crippen LogP contribution in [-0.2, 0) is 12.3 Å². The lowest BCUT2D eigenvalue weighted by molar-refractivity contribution is -0.384. The molecule has 9 heteroatoms. The number of nitro benzene ring substituents is 1. The third-order valence-electron chi connectivity index (χ3n) is 4.15. The molecule has 0 spiro atoms. The van der Waals surface area contributed by atoms with Gasteiger partial charge >= 0.3 is 5.69 Å². The van der Waals surface area contributed by atoms with Crippen molar-refractivity contribution < 1.29 is 9.45 Å². The summed E-state index contributed by atoms with van der Waals surface area (Å²) in [4.78, 5) is 26.8. The number of unbranched alkanes of at least 4 members (excludes halogenated alkanes) is 1. The highest BCUT2D eigenvalue weighted by Gasteiger charge is 2.13. The highest BCUT2D eigenvalue weighted by molar-refractivity contribution is 7.98. The van der Waals surface area contributed by atoms with E-state index in [4.69, 9.17) is 4.52 Å². The molecule has 2 aromatic heterocycles. The quantitative estimate of drug-likeness (QED) is 0.241. The van der Waals surface area contributed by atoms with E-state index >= 15 is 0 Å². The predicted molar refractivity (Wildman–Crippen MR) is 106 cm³/mol. The van der Waals surface area contributed by atoms with Gasteiger partial charge in [0.1, 0.15) is 16.5 Å². The van der Waals surface area contributed by atoms with Crippen molar-refractivity contribution in [2.24, 2.45) is 0 Å². The van der Waals surface area contributed by atoms with Gasteiger partial charge in [-0.1, -0.05) is 42.4 Å². The van der Waals surface area contributed by atoms with Gasteiger partial charge in [0.05, 0.1) is 10.7 Å². The summed E-state index contributed by atoms with van der Waals surface area (Å²) in [6.07, 6.45) is 3.79. The van der Waals surface area contributed by atoms with E-state index in [0.717, 1.165) is 18.4 Å². The fraction of sp³-hybridized carbons (Fsp3) is 0.316. The van der Waals surface area contributed by atoms with Gasteiger partial charge in [0, 0.05) is 36.5 Å². The zero-order valence-corrected chi connectivity index (χ0v) is 16.4. The summed E-state index contributed by atoms with van der Waals surface area (Å²) >= 11 is 1.40. The maximum absolute atomic E-state index is 12.1. The molecule has 2 heterocycles. The molecule has 0 radical (unpaired) electrons. The average molecular weight is 400 g/mol. The van der Waals surface area contributed by atoms with Gasteiger partial charge in [0.15, 0.2) is 0 Å². The van der Waals surface area contributed by atoms with Crippen molar-refractivity contribution in [2.45, 2.75) is 44.0 Å². The number of non-ortho nitro benzene ring substituents is 1. The highest BCUT2D eigenvalue weighted by atomic mass is 32.2. The van der Waals surface area contributed by atoms with Crippen LogP contribution in [0, 0.1) is 17.0 Å². The average Bonchev–Trinajstić information content (AvgIpc) is 3.16. The van der Waals surface area contributed by atoms with Crippen molar-refractivity contribution >= 4 is 17.4 Å². The van der Waals surface area contributed by atoms with Crippen LogP contribution in [0.15, 0.2) is 50.9 Å². The molecule has 3 rings (SSSR count). The summed E-state index contributed by atoms with van der Waals surface area (Å²) in [5, 5.41) is 15.6. The Kier molecular flexibility index (Phi) is 6.25. The summed E-state index contributed by atoms with van der Waals surface area (Å²) in [7, 11) is 0. The Labute approximate surface area is 165 Å². The maximum Gasteiger partial charge on any atom is 0.348 e. The third kappa shape index (κ3) is 4.66. The molecule has 146 valence electrons. The third-order valence-corrected chi connectivity index (χ3v) is 5.26. The van der Waals surface area contributed by atoms with Gasteiger partial charge in [-0.05, 0) is 18.9 Å². The molecule has 8 nitrogen and oxygen atoms in total. The van der Waals surface area contributed by atoms with Gasteiger partial charge in [-0.25, -0.2) is 4.79 Å². The zero-order chi connectivity index (χ0) is 20.1. The van der Waals surface area contributed by atoms with Crippen LogP contribution >= 0.6 is 11.8 Å². The molecular weight excluding hydrogens is 380 g/mol. The molecule has 0 amide bonds. The van der Waals surface area contributed by atoms with Crippen molar-refractivity contribution in [1.82, 2.24) is 14.7 Å². The van der Waals surface area contributed by atoms with Gasteiger partial charge < -0.3 is 4.52 Å². The van der Waals surface area contributed by atoms with E-state index in [-0.39, 0.29) is 11.4 Å². The number of hydrogen-bond acceptors (Lipinski definition) is 7. The number of aryl methyl sites for hydroxylation is 2. The highest BCUT2D eigenvalue weighted by Crippen LogP contribution is 2.27. The van der Waals surface area contributed by atoms with Crippen LogP contribution in [0.5, 0.6) is 0 Å². The lowest BCUT2D eigenvalue weighted by Crippen LogP contribution is -2.23. The minimum atomic E-state index is -0.447. The second-order valence-electron chi connectivity index (χ2n) is 6.33. The first-order valence-electron chi connectivity index (χ1n) is 8.89. The first-order chi connectivity index (χ1) is 13.5. The SMILES string of the molecule is CCCCn1cc(C)c(SCc2cc(-c3cccc([N+](=O)[O-])c3)no2)nc1=O. The predicted octanol–water partition coefficient (Wildman–Crippen LogP) is 4.21. The molecule has 0 fully saturated rings. The Morgan fingerprint density at radius 1 is 1.32 bits per heavy atom. The number of aromatic nitrogens is 3. The molecule has 0 aliphatic carbocycles. The Hall–Kier alpha value is -2.94. The van der Waals surface area contributed by atoms with Gasteiger partial charge in [0.2, 0.25) is 0 Å². The lowest BCUT2D eigenvalue weighted by Gasteiger charge is -2.08. The number of rotatable bonds is 8. The van der Waals surface area contributed by atoms with E-state index in [1.165, 1.54) is 23.9 Å². The molecule has 0 N–H and O–H groups in total. The molecule has 0 aliphatic heterocycles. The van der Waals surface area contributed by atoms with E-state index in [9.17, 15) is 14.9 Å². The van der Waals surface area contributed by atoms with E-state index < -0.39 is 4.92 Å².